The van der Waals surface area contributed by atoms with Gasteiger partial charge in [-0.3, -0.25) is 4.79 Å². The number of hydrogen-bond acceptors (Lipinski definition) is 6. The van der Waals surface area contributed by atoms with E-state index in [2.05, 4.69) is 20.6 Å². The molecule has 0 fully saturated rings. The van der Waals surface area contributed by atoms with Crippen LogP contribution in [-0.2, 0) is 0 Å². The maximum Gasteiger partial charge on any atom is 0.253 e. The second-order valence-corrected chi connectivity index (χ2v) is 7.19. The Labute approximate surface area is 175 Å². The topological polar surface area (TPSA) is 112 Å². The predicted molar refractivity (Wildman–Crippen MR) is 115 cm³/mol. The average molecular weight is 409 g/mol. The lowest BCUT2D eigenvalue weighted by molar-refractivity contribution is 0.0939. The second kappa shape index (κ2) is 9.41. The van der Waals surface area contributed by atoms with Crippen molar-refractivity contribution in [1.29, 1.82) is 0 Å². The molecule has 0 bridgehead atoms. The van der Waals surface area contributed by atoms with Crippen molar-refractivity contribution in [1.82, 2.24) is 19.9 Å². The van der Waals surface area contributed by atoms with Crippen LogP contribution in [-0.4, -0.2) is 43.3 Å². The normalized spacial score (nSPS) is 12.9. The molecule has 1 amide bonds. The Kier molecular flexibility index (Phi) is 6.68. The molecule has 0 aliphatic carbocycles. The Morgan fingerprint density at radius 2 is 2.03 bits per heavy atom. The number of para-hydroxylation sites is 1. The van der Waals surface area contributed by atoms with Gasteiger partial charge in [-0.1, -0.05) is 25.1 Å². The van der Waals surface area contributed by atoms with E-state index in [9.17, 15) is 15.0 Å². The first-order chi connectivity index (χ1) is 14.4. The van der Waals surface area contributed by atoms with Gasteiger partial charge in [0.05, 0.1) is 24.3 Å². The van der Waals surface area contributed by atoms with Gasteiger partial charge < -0.3 is 25.4 Å². The lowest BCUT2D eigenvalue weighted by Crippen LogP contribution is -2.26. The number of phenolic OH excluding ortho intramolecular Hbond substituents is 1. The second-order valence-electron chi connectivity index (χ2n) is 7.19. The van der Waals surface area contributed by atoms with Gasteiger partial charge in [0.25, 0.3) is 5.91 Å². The smallest absolute Gasteiger partial charge is 0.253 e. The first-order valence-electron chi connectivity index (χ1n) is 9.91. The number of carbonyl (C=O) groups is 1. The number of hydrogen-bond donors (Lipinski definition) is 4. The van der Waals surface area contributed by atoms with Gasteiger partial charge in [0.1, 0.15) is 11.6 Å². The maximum absolute atomic E-state index is 12.7. The molecule has 0 aliphatic rings. The molecule has 4 N–H and O–H groups in total. The van der Waals surface area contributed by atoms with Crippen molar-refractivity contribution in [3.63, 3.8) is 0 Å². The molecule has 8 heteroatoms. The molecule has 30 heavy (non-hydrogen) atoms. The van der Waals surface area contributed by atoms with E-state index in [0.717, 1.165) is 12.0 Å². The highest BCUT2D eigenvalue weighted by molar-refractivity contribution is 5.94. The molecule has 8 nitrogen and oxygen atoms in total. The van der Waals surface area contributed by atoms with Gasteiger partial charge in [0.15, 0.2) is 0 Å². The van der Waals surface area contributed by atoms with E-state index in [1.807, 2.05) is 26.8 Å². The summed E-state index contributed by atoms with van der Waals surface area (Å²) in [6, 6.07) is 8.18. The van der Waals surface area contributed by atoms with Crippen LogP contribution in [0.5, 0.6) is 5.75 Å². The van der Waals surface area contributed by atoms with Gasteiger partial charge in [-0.05, 0) is 32.4 Å². The van der Waals surface area contributed by atoms with E-state index in [4.69, 9.17) is 0 Å². The van der Waals surface area contributed by atoms with Crippen LogP contribution in [0.25, 0.3) is 5.82 Å². The van der Waals surface area contributed by atoms with E-state index in [-0.39, 0.29) is 30.3 Å². The summed E-state index contributed by atoms with van der Waals surface area (Å²) in [6.45, 7) is 5.67. The zero-order chi connectivity index (χ0) is 21.7. The number of benzene rings is 1. The molecule has 2 aromatic heterocycles. The molecule has 1 aromatic carbocycles. The number of amides is 1. The number of nitrogens with one attached hydrogen (secondary N) is 2. The fraction of sp³-hybridized carbons (Fsp3) is 0.318. The minimum absolute atomic E-state index is 0.00787. The zero-order valence-electron chi connectivity index (χ0n) is 17.3. The summed E-state index contributed by atoms with van der Waals surface area (Å²) in [5.74, 6) is 0.964. The van der Waals surface area contributed by atoms with E-state index in [1.54, 1.807) is 47.4 Å². The fourth-order valence-electron chi connectivity index (χ4n) is 3.10. The monoisotopic (exact) mass is 409 g/mol. The molecule has 2 atom stereocenters. The molecule has 3 aromatic rings. The first kappa shape index (κ1) is 21.3. The number of phenols is 1. The van der Waals surface area contributed by atoms with Crippen LogP contribution >= 0.6 is 0 Å². The van der Waals surface area contributed by atoms with Gasteiger partial charge in [0.2, 0.25) is 5.95 Å². The molecule has 2 heterocycles. The number of aromatic nitrogens is 3. The minimum atomic E-state index is -0.344. The van der Waals surface area contributed by atoms with Gasteiger partial charge >= 0.3 is 0 Å². The fourth-order valence-corrected chi connectivity index (χ4v) is 3.10. The standard InChI is InChI=1S/C22H27N5O3/c1-4-17(13-28)25-22-23-11-14(2)20(26-22)27-10-9-16(12-27)21(30)24-15(3)18-7-5-6-8-19(18)29/h5-12,15,17,28-29H,4,13H2,1-3H3,(H,24,30)(H,23,25,26). The number of anilines is 1. The molecule has 158 valence electrons. The highest BCUT2D eigenvalue weighted by Gasteiger charge is 2.16. The lowest BCUT2D eigenvalue weighted by atomic mass is 10.1. The molecular weight excluding hydrogens is 382 g/mol. The Hall–Kier alpha value is -3.39. The van der Waals surface area contributed by atoms with Crippen molar-refractivity contribution in [2.24, 2.45) is 0 Å². The molecule has 0 radical (unpaired) electrons. The van der Waals surface area contributed by atoms with E-state index in [0.29, 0.717) is 22.9 Å². The SMILES string of the molecule is CCC(CO)Nc1ncc(C)c(-n2ccc(C(=O)NC(C)c3ccccc3O)c2)n1. The summed E-state index contributed by atoms with van der Waals surface area (Å²) in [4.78, 5) is 21.5. The lowest BCUT2D eigenvalue weighted by Gasteiger charge is -2.15. The minimum Gasteiger partial charge on any atom is -0.508 e. The van der Waals surface area contributed by atoms with Crippen LogP contribution in [0, 0.1) is 6.92 Å². The van der Waals surface area contributed by atoms with Crippen molar-refractivity contribution >= 4 is 11.9 Å². The molecule has 0 aliphatic heterocycles. The third-order valence-corrected chi connectivity index (χ3v) is 4.94. The summed E-state index contributed by atoms with van der Waals surface area (Å²) in [5.41, 5.74) is 1.98. The van der Waals surface area contributed by atoms with Crippen molar-refractivity contribution < 1.29 is 15.0 Å². The zero-order valence-corrected chi connectivity index (χ0v) is 17.3. The van der Waals surface area contributed by atoms with Crippen LogP contribution in [0.15, 0.2) is 48.9 Å². The Morgan fingerprint density at radius 1 is 1.27 bits per heavy atom. The first-order valence-corrected chi connectivity index (χ1v) is 9.91. The summed E-state index contributed by atoms with van der Waals surface area (Å²) in [7, 11) is 0. The Balaban J connectivity index is 1.77. The third-order valence-electron chi connectivity index (χ3n) is 4.94. The van der Waals surface area contributed by atoms with E-state index < -0.39 is 0 Å². The third kappa shape index (κ3) is 4.77. The highest BCUT2D eigenvalue weighted by Crippen LogP contribution is 2.23. The van der Waals surface area contributed by atoms with E-state index >= 15 is 0 Å². The van der Waals surface area contributed by atoms with E-state index in [1.165, 1.54) is 0 Å². The van der Waals surface area contributed by atoms with Crippen LogP contribution in [0.2, 0.25) is 0 Å². The van der Waals surface area contributed by atoms with Crippen LogP contribution in [0.3, 0.4) is 0 Å². The maximum atomic E-state index is 12.7. The number of aromatic hydroxyl groups is 1. The summed E-state index contributed by atoms with van der Waals surface area (Å²) in [6.07, 6.45) is 5.91. The molecular formula is C22H27N5O3. The van der Waals surface area contributed by atoms with Gasteiger partial charge in [-0.25, -0.2) is 4.98 Å². The molecule has 0 saturated heterocycles. The summed E-state index contributed by atoms with van der Waals surface area (Å²) >= 11 is 0. The highest BCUT2D eigenvalue weighted by atomic mass is 16.3. The Bertz CT molecular complexity index is 1010. The van der Waals surface area contributed by atoms with Gasteiger partial charge in [-0.2, -0.15) is 4.98 Å². The molecule has 0 spiro atoms. The quantitative estimate of drug-likeness (QED) is 0.455. The largest absolute Gasteiger partial charge is 0.508 e. The molecule has 0 saturated carbocycles. The predicted octanol–water partition coefficient (Wildman–Crippen LogP) is 2.96. The number of rotatable bonds is 8. The number of aliphatic hydroxyl groups is 1. The van der Waals surface area contributed by atoms with Crippen LogP contribution in [0.4, 0.5) is 5.95 Å². The summed E-state index contributed by atoms with van der Waals surface area (Å²) < 4.78 is 1.77. The van der Waals surface area contributed by atoms with Crippen molar-refractivity contribution in [2.45, 2.75) is 39.3 Å². The van der Waals surface area contributed by atoms with Gasteiger partial charge in [0, 0.05) is 29.7 Å². The van der Waals surface area contributed by atoms with Gasteiger partial charge in [-0.15, -0.1) is 0 Å². The Morgan fingerprint density at radius 3 is 2.73 bits per heavy atom. The van der Waals surface area contributed by atoms with Crippen molar-refractivity contribution in [3.05, 3.63) is 65.6 Å². The molecule has 3 rings (SSSR count). The number of nitrogens with zero attached hydrogens (tertiary/aromatic N) is 3. The average Bonchev–Trinajstić information content (AvgIpc) is 3.23. The molecule has 2 unspecified atom stereocenters. The van der Waals surface area contributed by atoms with Crippen molar-refractivity contribution in [2.75, 3.05) is 11.9 Å². The number of carbonyl (C=O) groups excluding carboxylic acids is 1. The number of aryl methyl sites for hydroxylation is 1. The van der Waals surface area contributed by atoms with Crippen molar-refractivity contribution in [3.8, 4) is 11.6 Å². The number of aliphatic hydroxyl groups excluding tert-OH is 1. The van der Waals surface area contributed by atoms with Crippen LogP contribution in [0.1, 0.15) is 47.8 Å². The summed E-state index contributed by atoms with van der Waals surface area (Å²) in [5, 5.41) is 25.4. The van der Waals surface area contributed by atoms with Crippen LogP contribution < -0.4 is 10.6 Å².